The molecule has 8 nitrogen and oxygen atoms in total. The summed E-state index contributed by atoms with van der Waals surface area (Å²) in [6.45, 7) is 3.31. The summed E-state index contributed by atoms with van der Waals surface area (Å²) in [5, 5.41) is 2.94. The lowest BCUT2D eigenvalue weighted by Gasteiger charge is -2.37. The second-order valence-corrected chi connectivity index (χ2v) is 6.82. The Hall–Kier alpha value is -3.03. The zero-order valence-electron chi connectivity index (χ0n) is 16.8. The van der Waals surface area contributed by atoms with E-state index in [0.29, 0.717) is 36.3 Å². The van der Waals surface area contributed by atoms with Gasteiger partial charge in [0.25, 0.3) is 0 Å². The van der Waals surface area contributed by atoms with Crippen LogP contribution in [-0.2, 0) is 0 Å². The molecule has 1 aromatic carbocycles. The first-order valence-electron chi connectivity index (χ1n) is 9.32. The van der Waals surface area contributed by atoms with E-state index in [1.165, 1.54) is 0 Å². The molecule has 1 aliphatic rings. The summed E-state index contributed by atoms with van der Waals surface area (Å²) < 4.78 is 10.7. The number of anilines is 2. The minimum Gasteiger partial charge on any atom is -0.493 e. The Morgan fingerprint density at radius 1 is 1.21 bits per heavy atom. The summed E-state index contributed by atoms with van der Waals surface area (Å²) in [7, 11) is 5.18. The molecule has 8 heteroatoms. The predicted molar refractivity (Wildman–Crippen MR) is 108 cm³/mol. The number of urea groups is 1. The number of carbonyl (C=O) groups excluding carboxylic acids is 1. The first-order valence-corrected chi connectivity index (χ1v) is 9.32. The number of aryl methyl sites for hydroxylation is 1. The number of methoxy groups -OCH3 is 2. The maximum atomic E-state index is 12.7. The Bertz CT molecular complexity index is 821. The second-order valence-electron chi connectivity index (χ2n) is 6.82. The van der Waals surface area contributed by atoms with E-state index in [2.05, 4.69) is 20.2 Å². The summed E-state index contributed by atoms with van der Waals surface area (Å²) in [6, 6.07) is 7.60. The quantitative estimate of drug-likeness (QED) is 0.852. The molecular weight excluding hydrogens is 358 g/mol. The van der Waals surface area contributed by atoms with Crippen molar-refractivity contribution < 1.29 is 14.3 Å². The zero-order valence-corrected chi connectivity index (χ0v) is 16.8. The highest BCUT2D eigenvalue weighted by Gasteiger charge is 2.26. The third kappa shape index (κ3) is 4.27. The molecule has 0 atom stereocenters. The number of nitrogens with zero attached hydrogens (tertiary/aromatic N) is 4. The average molecular weight is 385 g/mol. The number of hydrogen-bond acceptors (Lipinski definition) is 6. The van der Waals surface area contributed by atoms with Gasteiger partial charge in [-0.3, -0.25) is 0 Å². The molecule has 150 valence electrons. The summed E-state index contributed by atoms with van der Waals surface area (Å²) in [6.07, 6.45) is 3.34. The zero-order chi connectivity index (χ0) is 20.1. The van der Waals surface area contributed by atoms with Crippen molar-refractivity contribution in [1.29, 1.82) is 0 Å². The number of carbonyl (C=O) groups is 1. The highest BCUT2D eigenvalue weighted by Crippen LogP contribution is 2.35. The minimum absolute atomic E-state index is 0.134. The summed E-state index contributed by atoms with van der Waals surface area (Å²) in [4.78, 5) is 25.2. The fraction of sp³-hybridized carbons (Fsp3) is 0.450. The lowest BCUT2D eigenvalue weighted by Crippen LogP contribution is -2.47. The van der Waals surface area contributed by atoms with Crippen molar-refractivity contribution in [3.8, 4) is 11.5 Å². The van der Waals surface area contributed by atoms with Gasteiger partial charge in [-0.1, -0.05) is 6.07 Å². The maximum Gasteiger partial charge on any atom is 0.321 e. The Morgan fingerprint density at radius 3 is 2.61 bits per heavy atom. The highest BCUT2D eigenvalue weighted by atomic mass is 16.5. The number of amides is 2. The monoisotopic (exact) mass is 385 g/mol. The molecule has 1 saturated heterocycles. The van der Waals surface area contributed by atoms with Crippen LogP contribution in [0.5, 0.6) is 11.5 Å². The Balaban J connectivity index is 1.60. The summed E-state index contributed by atoms with van der Waals surface area (Å²) in [5.41, 5.74) is 1.54. The van der Waals surface area contributed by atoms with Gasteiger partial charge in [0.1, 0.15) is 12.1 Å². The van der Waals surface area contributed by atoms with Crippen molar-refractivity contribution in [1.82, 2.24) is 14.9 Å². The van der Waals surface area contributed by atoms with Crippen molar-refractivity contribution in [2.24, 2.45) is 0 Å². The smallest absolute Gasteiger partial charge is 0.321 e. The van der Waals surface area contributed by atoms with Crippen LogP contribution in [0, 0.1) is 6.92 Å². The van der Waals surface area contributed by atoms with Crippen molar-refractivity contribution in [2.75, 3.05) is 44.6 Å². The molecule has 0 radical (unpaired) electrons. The normalized spacial score (nSPS) is 14.5. The molecule has 2 aromatic rings. The topological polar surface area (TPSA) is 79.8 Å². The average Bonchev–Trinajstić information content (AvgIpc) is 2.73. The molecule has 28 heavy (non-hydrogen) atoms. The first-order chi connectivity index (χ1) is 13.5. The van der Waals surface area contributed by atoms with Crippen molar-refractivity contribution >= 4 is 17.5 Å². The third-order valence-electron chi connectivity index (χ3n) is 5.09. The van der Waals surface area contributed by atoms with Crippen molar-refractivity contribution in [2.45, 2.75) is 25.8 Å². The first kappa shape index (κ1) is 19.7. The van der Waals surface area contributed by atoms with E-state index in [9.17, 15) is 4.79 Å². The van der Waals surface area contributed by atoms with Crippen LogP contribution in [-0.4, -0.2) is 61.3 Å². The standard InChI is InChI=1S/C20H27N5O3/c1-14-12-18(22-13-21-14)24(2)15-8-10-25(11-9-15)20(26)23-16-6-5-7-17(27-3)19(16)28-4/h5-7,12-13,15H,8-11H2,1-4H3,(H,23,26). The number of piperidine rings is 1. The molecule has 2 amide bonds. The van der Waals surface area contributed by atoms with Gasteiger partial charge in [-0.2, -0.15) is 0 Å². The summed E-state index contributed by atoms with van der Waals surface area (Å²) >= 11 is 0. The Kier molecular flexibility index (Phi) is 6.18. The number of hydrogen-bond donors (Lipinski definition) is 1. The van der Waals surface area contributed by atoms with Gasteiger partial charge >= 0.3 is 6.03 Å². The molecular formula is C20H27N5O3. The lowest BCUT2D eigenvalue weighted by molar-refractivity contribution is 0.194. The number of aromatic nitrogens is 2. The van der Waals surface area contributed by atoms with Gasteiger partial charge < -0.3 is 24.6 Å². The van der Waals surface area contributed by atoms with Gasteiger partial charge in [-0.25, -0.2) is 14.8 Å². The van der Waals surface area contributed by atoms with Crippen molar-refractivity contribution in [3.05, 3.63) is 36.3 Å². The van der Waals surface area contributed by atoms with Gasteiger partial charge in [-0.15, -0.1) is 0 Å². The molecule has 0 bridgehead atoms. The molecule has 1 aromatic heterocycles. The molecule has 0 aliphatic carbocycles. The molecule has 0 saturated carbocycles. The number of ether oxygens (including phenoxy) is 2. The highest BCUT2D eigenvalue weighted by molar-refractivity contribution is 5.91. The third-order valence-corrected chi connectivity index (χ3v) is 5.09. The number of nitrogens with one attached hydrogen (secondary N) is 1. The van der Waals surface area contributed by atoms with Gasteiger partial charge in [0.2, 0.25) is 0 Å². The molecule has 0 unspecified atom stereocenters. The largest absolute Gasteiger partial charge is 0.493 e. The van der Waals surface area contributed by atoms with Gasteiger partial charge in [0.15, 0.2) is 11.5 Å². The molecule has 1 N–H and O–H groups in total. The fourth-order valence-corrected chi connectivity index (χ4v) is 3.46. The number of rotatable bonds is 5. The van der Waals surface area contributed by atoms with E-state index >= 15 is 0 Å². The molecule has 3 rings (SSSR count). The van der Waals surface area contributed by atoms with Crippen LogP contribution in [0.15, 0.2) is 30.6 Å². The van der Waals surface area contributed by atoms with E-state index in [1.807, 2.05) is 31.0 Å². The number of benzene rings is 1. The number of para-hydroxylation sites is 1. The maximum absolute atomic E-state index is 12.7. The van der Waals surface area contributed by atoms with Crippen LogP contribution < -0.4 is 19.7 Å². The van der Waals surface area contributed by atoms with E-state index in [1.54, 1.807) is 32.7 Å². The molecule has 0 spiro atoms. The second kappa shape index (κ2) is 8.77. The van der Waals surface area contributed by atoms with E-state index in [4.69, 9.17) is 9.47 Å². The lowest BCUT2D eigenvalue weighted by atomic mass is 10.0. The van der Waals surface area contributed by atoms with E-state index in [0.717, 1.165) is 24.4 Å². The van der Waals surface area contributed by atoms with Gasteiger partial charge in [0, 0.05) is 37.9 Å². The van der Waals surface area contributed by atoms with Crippen molar-refractivity contribution in [3.63, 3.8) is 0 Å². The molecule has 1 fully saturated rings. The summed E-state index contributed by atoms with van der Waals surface area (Å²) in [5.74, 6) is 2.02. The van der Waals surface area contributed by atoms with Crippen LogP contribution in [0.3, 0.4) is 0 Å². The van der Waals surface area contributed by atoms with Gasteiger partial charge in [0.05, 0.1) is 19.9 Å². The van der Waals surface area contributed by atoms with Crippen LogP contribution in [0.2, 0.25) is 0 Å². The fourth-order valence-electron chi connectivity index (χ4n) is 3.46. The van der Waals surface area contributed by atoms with Crippen LogP contribution >= 0.6 is 0 Å². The van der Waals surface area contributed by atoms with Crippen LogP contribution in [0.1, 0.15) is 18.5 Å². The minimum atomic E-state index is -0.134. The molecule has 1 aliphatic heterocycles. The Morgan fingerprint density at radius 2 is 1.96 bits per heavy atom. The molecule has 2 heterocycles. The predicted octanol–water partition coefficient (Wildman–Crippen LogP) is 2.93. The van der Waals surface area contributed by atoms with Gasteiger partial charge in [-0.05, 0) is 31.9 Å². The SMILES string of the molecule is COc1cccc(NC(=O)N2CCC(N(C)c3cc(C)ncn3)CC2)c1OC. The van der Waals surface area contributed by atoms with E-state index in [-0.39, 0.29) is 6.03 Å². The number of likely N-dealkylation sites (tertiary alicyclic amines) is 1. The Labute approximate surface area is 165 Å². The van der Waals surface area contributed by atoms with Crippen LogP contribution in [0.25, 0.3) is 0 Å². The van der Waals surface area contributed by atoms with Crippen LogP contribution in [0.4, 0.5) is 16.3 Å². The van der Waals surface area contributed by atoms with E-state index < -0.39 is 0 Å².